The highest BCUT2D eigenvalue weighted by atomic mass is 16.5. The molecule has 6 nitrogen and oxygen atoms in total. The molecule has 3 N–H and O–H groups in total. The number of nitrogen functional groups attached to an aromatic ring is 1. The highest BCUT2D eigenvalue weighted by molar-refractivity contribution is 5.48. The van der Waals surface area contributed by atoms with Crippen LogP contribution in [0.15, 0.2) is 6.07 Å². The lowest BCUT2D eigenvalue weighted by Crippen LogP contribution is -2.30. The summed E-state index contributed by atoms with van der Waals surface area (Å²) in [6.45, 7) is 4.05. The fourth-order valence-electron chi connectivity index (χ4n) is 2.17. The standard InChI is InChI=1S/C13H23N5O/c1-3-19-9-12-15-11(17-14)7-13(16-12)18(2)8-10-5-4-6-10/h7,10H,3-6,8-9,14H2,1-2H3,(H,15,16,17). The van der Waals surface area contributed by atoms with Crippen molar-refractivity contribution in [3.63, 3.8) is 0 Å². The number of nitrogens with one attached hydrogen (secondary N) is 1. The molecular formula is C13H23N5O. The molecule has 0 amide bonds. The maximum Gasteiger partial charge on any atom is 0.158 e. The second-order valence-electron chi connectivity index (χ2n) is 4.99. The Bertz CT molecular complexity index is 408. The number of nitrogens with two attached hydrogens (primary N) is 1. The van der Waals surface area contributed by atoms with Gasteiger partial charge < -0.3 is 15.1 Å². The molecule has 0 saturated heterocycles. The van der Waals surface area contributed by atoms with E-state index < -0.39 is 0 Å². The number of ether oxygens (including phenoxy) is 1. The van der Waals surface area contributed by atoms with Gasteiger partial charge in [-0.1, -0.05) is 6.42 Å². The zero-order valence-electron chi connectivity index (χ0n) is 11.7. The Kier molecular flexibility index (Phi) is 4.93. The minimum Gasteiger partial charge on any atom is -0.374 e. The van der Waals surface area contributed by atoms with Crippen molar-refractivity contribution >= 4 is 11.6 Å². The molecule has 0 unspecified atom stereocenters. The third-order valence-electron chi connectivity index (χ3n) is 3.49. The third kappa shape index (κ3) is 3.78. The average Bonchev–Trinajstić information content (AvgIpc) is 2.39. The van der Waals surface area contributed by atoms with E-state index in [1.165, 1.54) is 19.3 Å². The van der Waals surface area contributed by atoms with Crippen LogP contribution in [0.3, 0.4) is 0 Å². The number of hydrogen-bond donors (Lipinski definition) is 2. The van der Waals surface area contributed by atoms with Gasteiger partial charge in [-0.15, -0.1) is 0 Å². The summed E-state index contributed by atoms with van der Waals surface area (Å²) in [5.74, 6) is 8.43. The van der Waals surface area contributed by atoms with Crippen molar-refractivity contribution in [1.29, 1.82) is 0 Å². The topological polar surface area (TPSA) is 76.3 Å². The van der Waals surface area contributed by atoms with E-state index in [9.17, 15) is 0 Å². The van der Waals surface area contributed by atoms with Crippen molar-refractivity contribution in [2.24, 2.45) is 11.8 Å². The Morgan fingerprint density at radius 3 is 2.84 bits per heavy atom. The summed E-state index contributed by atoms with van der Waals surface area (Å²) in [5, 5.41) is 0. The van der Waals surface area contributed by atoms with Crippen LogP contribution in [0.2, 0.25) is 0 Å². The molecule has 0 radical (unpaired) electrons. The van der Waals surface area contributed by atoms with Crippen LogP contribution >= 0.6 is 0 Å². The van der Waals surface area contributed by atoms with Gasteiger partial charge in [-0.2, -0.15) is 0 Å². The zero-order valence-corrected chi connectivity index (χ0v) is 11.7. The lowest BCUT2D eigenvalue weighted by Gasteiger charge is -2.30. The Hall–Kier alpha value is -1.40. The van der Waals surface area contributed by atoms with E-state index in [2.05, 4.69) is 27.3 Å². The van der Waals surface area contributed by atoms with Crippen LogP contribution in [0.4, 0.5) is 11.6 Å². The van der Waals surface area contributed by atoms with Crippen molar-refractivity contribution in [3.05, 3.63) is 11.9 Å². The molecule has 0 aliphatic heterocycles. The van der Waals surface area contributed by atoms with Gasteiger partial charge in [-0.25, -0.2) is 15.8 Å². The number of anilines is 2. The van der Waals surface area contributed by atoms with Crippen LogP contribution in [0.1, 0.15) is 32.0 Å². The maximum absolute atomic E-state index is 5.46. The SMILES string of the molecule is CCOCc1nc(NN)cc(N(C)CC2CCC2)n1. The predicted molar refractivity (Wildman–Crippen MR) is 75.8 cm³/mol. The minimum atomic E-state index is 0.413. The monoisotopic (exact) mass is 265 g/mol. The molecule has 106 valence electrons. The minimum absolute atomic E-state index is 0.413. The van der Waals surface area contributed by atoms with E-state index in [4.69, 9.17) is 10.6 Å². The molecule has 1 aromatic rings. The fraction of sp³-hybridized carbons (Fsp3) is 0.692. The van der Waals surface area contributed by atoms with Crippen LogP contribution in [-0.4, -0.2) is 30.2 Å². The highest BCUT2D eigenvalue weighted by Crippen LogP contribution is 2.28. The molecule has 0 spiro atoms. The second-order valence-corrected chi connectivity index (χ2v) is 4.99. The third-order valence-corrected chi connectivity index (χ3v) is 3.49. The molecule has 0 aromatic carbocycles. The van der Waals surface area contributed by atoms with Crippen LogP contribution < -0.4 is 16.2 Å². The van der Waals surface area contributed by atoms with E-state index in [1.807, 2.05) is 13.0 Å². The van der Waals surface area contributed by atoms with Crippen LogP contribution in [0.25, 0.3) is 0 Å². The summed E-state index contributed by atoms with van der Waals surface area (Å²) < 4.78 is 5.36. The van der Waals surface area contributed by atoms with Crippen LogP contribution in [0.5, 0.6) is 0 Å². The number of nitrogens with zero attached hydrogens (tertiary/aromatic N) is 3. The van der Waals surface area contributed by atoms with Gasteiger partial charge in [0.2, 0.25) is 0 Å². The lowest BCUT2D eigenvalue weighted by atomic mass is 9.85. The number of aromatic nitrogens is 2. The molecule has 0 atom stereocenters. The molecule has 6 heteroatoms. The first kappa shape index (κ1) is 14.0. The number of rotatable bonds is 7. The van der Waals surface area contributed by atoms with Crippen molar-refractivity contribution in [2.45, 2.75) is 32.8 Å². The molecule has 1 heterocycles. The molecule has 0 bridgehead atoms. The molecule has 1 saturated carbocycles. The van der Waals surface area contributed by atoms with E-state index >= 15 is 0 Å². The van der Waals surface area contributed by atoms with Crippen molar-refractivity contribution < 1.29 is 4.74 Å². The first-order valence-electron chi connectivity index (χ1n) is 6.86. The largest absolute Gasteiger partial charge is 0.374 e. The summed E-state index contributed by atoms with van der Waals surface area (Å²) in [7, 11) is 2.06. The van der Waals surface area contributed by atoms with E-state index in [0.717, 1.165) is 18.3 Å². The van der Waals surface area contributed by atoms with Crippen molar-refractivity contribution in [1.82, 2.24) is 9.97 Å². The molecule has 2 rings (SSSR count). The van der Waals surface area contributed by atoms with E-state index in [0.29, 0.717) is 24.9 Å². The smallest absolute Gasteiger partial charge is 0.158 e. The zero-order chi connectivity index (χ0) is 13.7. The Balaban J connectivity index is 2.07. The van der Waals surface area contributed by atoms with E-state index in [1.54, 1.807) is 0 Å². The summed E-state index contributed by atoms with van der Waals surface area (Å²) in [5.41, 5.74) is 2.59. The Morgan fingerprint density at radius 1 is 1.47 bits per heavy atom. The Morgan fingerprint density at radius 2 is 2.26 bits per heavy atom. The van der Waals surface area contributed by atoms with Crippen LogP contribution in [-0.2, 0) is 11.3 Å². The highest BCUT2D eigenvalue weighted by Gasteiger charge is 2.20. The summed E-state index contributed by atoms with van der Waals surface area (Å²) in [6.07, 6.45) is 4.00. The van der Waals surface area contributed by atoms with Gasteiger partial charge in [0, 0.05) is 26.3 Å². The van der Waals surface area contributed by atoms with Crippen LogP contribution in [0, 0.1) is 5.92 Å². The molecule has 1 aliphatic carbocycles. The molecule has 19 heavy (non-hydrogen) atoms. The molecule has 1 aromatic heterocycles. The van der Waals surface area contributed by atoms with Gasteiger partial charge in [0.25, 0.3) is 0 Å². The fourth-order valence-corrected chi connectivity index (χ4v) is 2.17. The first-order valence-corrected chi connectivity index (χ1v) is 6.86. The summed E-state index contributed by atoms with van der Waals surface area (Å²) >= 11 is 0. The quantitative estimate of drug-likeness (QED) is 0.575. The molecular weight excluding hydrogens is 242 g/mol. The van der Waals surface area contributed by atoms with E-state index in [-0.39, 0.29) is 0 Å². The maximum atomic E-state index is 5.46. The number of hydrazine groups is 1. The van der Waals surface area contributed by atoms with Gasteiger partial charge >= 0.3 is 0 Å². The van der Waals surface area contributed by atoms with Gasteiger partial charge in [0.05, 0.1) is 0 Å². The average molecular weight is 265 g/mol. The van der Waals surface area contributed by atoms with Gasteiger partial charge in [0.1, 0.15) is 18.2 Å². The molecule has 1 fully saturated rings. The Labute approximate surface area is 114 Å². The first-order chi connectivity index (χ1) is 9.22. The molecule has 1 aliphatic rings. The summed E-state index contributed by atoms with van der Waals surface area (Å²) in [4.78, 5) is 11.0. The second kappa shape index (κ2) is 6.68. The lowest BCUT2D eigenvalue weighted by molar-refractivity contribution is 0.128. The normalized spacial score (nSPS) is 15.1. The van der Waals surface area contributed by atoms with Gasteiger partial charge in [0.15, 0.2) is 5.82 Å². The van der Waals surface area contributed by atoms with Gasteiger partial charge in [-0.3, -0.25) is 0 Å². The predicted octanol–water partition coefficient (Wildman–Crippen LogP) is 1.53. The van der Waals surface area contributed by atoms with Crippen molar-refractivity contribution in [2.75, 3.05) is 30.5 Å². The van der Waals surface area contributed by atoms with Gasteiger partial charge in [-0.05, 0) is 25.7 Å². The van der Waals surface area contributed by atoms with Crippen molar-refractivity contribution in [3.8, 4) is 0 Å². The number of hydrogen-bond acceptors (Lipinski definition) is 6. The summed E-state index contributed by atoms with van der Waals surface area (Å²) in [6, 6.07) is 1.87.